The molecule has 0 aromatic rings. The minimum absolute atomic E-state index is 0.0687. The number of carbonyl (C=O) groups is 3. The molecule has 1 atom stereocenters. The Labute approximate surface area is 498 Å². The molecule has 0 fully saturated rings. The quantitative estimate of drug-likeness (QED) is 0.0261. The Kier molecular flexibility index (Phi) is 66.6. The van der Waals surface area contributed by atoms with Gasteiger partial charge in [-0.05, 0) is 83.5 Å². The molecule has 0 heterocycles. The van der Waals surface area contributed by atoms with Gasteiger partial charge in [0.05, 0.1) is 0 Å². The van der Waals surface area contributed by atoms with Crippen LogP contribution in [-0.2, 0) is 28.6 Å². The number of allylic oxidation sites excluding steroid dienone is 8. The van der Waals surface area contributed by atoms with Crippen molar-refractivity contribution in [2.75, 3.05) is 13.2 Å². The summed E-state index contributed by atoms with van der Waals surface area (Å²) in [6.45, 7) is 6.69. The van der Waals surface area contributed by atoms with Crippen molar-refractivity contribution in [3.05, 3.63) is 48.6 Å². The summed E-state index contributed by atoms with van der Waals surface area (Å²) in [5.74, 6) is -0.844. The van der Waals surface area contributed by atoms with E-state index in [2.05, 4.69) is 69.4 Å². The highest BCUT2D eigenvalue weighted by atomic mass is 16.6. The Hall–Kier alpha value is -2.63. The number of carbonyl (C=O) groups excluding carboxylic acids is 3. The van der Waals surface area contributed by atoms with Crippen LogP contribution in [0.25, 0.3) is 0 Å². The maximum atomic E-state index is 12.9. The molecular weight excluding hydrogens is 985 g/mol. The molecule has 0 saturated heterocycles. The van der Waals surface area contributed by atoms with Crippen molar-refractivity contribution in [2.45, 2.75) is 393 Å². The lowest BCUT2D eigenvalue weighted by atomic mass is 10.0. The van der Waals surface area contributed by atoms with E-state index in [1.165, 1.54) is 276 Å². The minimum Gasteiger partial charge on any atom is -0.462 e. The van der Waals surface area contributed by atoms with E-state index in [0.717, 1.165) is 70.6 Å². The molecule has 0 spiro atoms. The number of ether oxygens (including phenoxy) is 3. The first kappa shape index (κ1) is 77.4. The molecule has 0 saturated carbocycles. The molecule has 1 unspecified atom stereocenters. The maximum absolute atomic E-state index is 12.9. The standard InChI is InChI=1S/C74H136O6/c1-4-7-10-13-16-19-22-25-28-30-32-33-34-35-36-37-38-39-40-41-43-44-46-49-52-55-58-61-64-67-73(76)79-70-71(69-78-72(75)66-63-60-57-54-51-48-27-24-21-18-15-12-9-6-3)80-74(77)68-65-62-59-56-53-50-47-45-42-31-29-26-23-20-17-14-11-8-5-2/h22,25-26,29-30,32,34-35,71H,4-21,23-24,27-28,31,33,36-70H2,1-3H3/b25-22-,29-26-,32-30-,35-34-. The lowest BCUT2D eigenvalue weighted by molar-refractivity contribution is -0.167. The Morgan fingerprint density at radius 2 is 0.450 bits per heavy atom. The van der Waals surface area contributed by atoms with Gasteiger partial charge in [-0.25, -0.2) is 0 Å². The van der Waals surface area contributed by atoms with Crippen LogP contribution in [0.3, 0.4) is 0 Å². The normalized spacial score (nSPS) is 12.3. The molecule has 0 radical (unpaired) electrons. The predicted molar refractivity (Wildman–Crippen MR) is 349 cm³/mol. The zero-order valence-corrected chi connectivity index (χ0v) is 53.9. The first-order chi connectivity index (χ1) is 39.5. The maximum Gasteiger partial charge on any atom is 0.306 e. The summed E-state index contributed by atoms with van der Waals surface area (Å²) >= 11 is 0. The van der Waals surface area contributed by atoms with Crippen LogP contribution in [0.1, 0.15) is 387 Å². The Balaban J connectivity index is 4.23. The van der Waals surface area contributed by atoms with Crippen molar-refractivity contribution >= 4 is 17.9 Å². The average Bonchev–Trinajstić information content (AvgIpc) is 3.46. The largest absolute Gasteiger partial charge is 0.462 e. The van der Waals surface area contributed by atoms with Crippen molar-refractivity contribution < 1.29 is 28.6 Å². The smallest absolute Gasteiger partial charge is 0.306 e. The van der Waals surface area contributed by atoms with E-state index >= 15 is 0 Å². The number of esters is 3. The molecule has 468 valence electrons. The van der Waals surface area contributed by atoms with Crippen LogP contribution in [0.4, 0.5) is 0 Å². The summed E-state index contributed by atoms with van der Waals surface area (Å²) in [6.07, 6.45) is 87.1. The summed E-state index contributed by atoms with van der Waals surface area (Å²) in [5.41, 5.74) is 0. The van der Waals surface area contributed by atoms with E-state index in [9.17, 15) is 14.4 Å². The average molecular weight is 1120 g/mol. The first-order valence-corrected chi connectivity index (χ1v) is 35.6. The zero-order valence-electron chi connectivity index (χ0n) is 53.9. The molecular formula is C74H136O6. The van der Waals surface area contributed by atoms with Gasteiger partial charge in [-0.2, -0.15) is 0 Å². The molecule has 0 N–H and O–H groups in total. The highest BCUT2D eigenvalue weighted by Crippen LogP contribution is 2.18. The van der Waals surface area contributed by atoms with Crippen LogP contribution in [0.15, 0.2) is 48.6 Å². The Bertz CT molecular complexity index is 1380. The molecule has 80 heavy (non-hydrogen) atoms. The molecule has 0 aliphatic heterocycles. The second kappa shape index (κ2) is 68.9. The van der Waals surface area contributed by atoms with Crippen LogP contribution < -0.4 is 0 Å². The first-order valence-electron chi connectivity index (χ1n) is 35.6. The fraction of sp³-hybridized carbons (Fsp3) is 0.851. The third kappa shape index (κ3) is 66.2. The van der Waals surface area contributed by atoms with Gasteiger partial charge >= 0.3 is 17.9 Å². The molecule has 0 aromatic carbocycles. The van der Waals surface area contributed by atoms with Crippen molar-refractivity contribution in [1.82, 2.24) is 0 Å². The van der Waals surface area contributed by atoms with Gasteiger partial charge in [-0.3, -0.25) is 14.4 Å². The van der Waals surface area contributed by atoms with E-state index in [1.807, 2.05) is 0 Å². The van der Waals surface area contributed by atoms with Crippen LogP contribution in [-0.4, -0.2) is 37.2 Å². The van der Waals surface area contributed by atoms with Crippen LogP contribution in [0.5, 0.6) is 0 Å². The number of unbranched alkanes of at least 4 members (excludes halogenated alkanes) is 47. The minimum atomic E-state index is -0.773. The lowest BCUT2D eigenvalue weighted by Crippen LogP contribution is -2.30. The highest BCUT2D eigenvalue weighted by molar-refractivity contribution is 5.71. The third-order valence-electron chi connectivity index (χ3n) is 16.1. The highest BCUT2D eigenvalue weighted by Gasteiger charge is 2.19. The van der Waals surface area contributed by atoms with Gasteiger partial charge in [0.15, 0.2) is 6.10 Å². The summed E-state index contributed by atoms with van der Waals surface area (Å²) in [5, 5.41) is 0. The summed E-state index contributed by atoms with van der Waals surface area (Å²) in [6, 6.07) is 0. The molecule has 0 aliphatic rings. The van der Waals surface area contributed by atoms with Crippen molar-refractivity contribution in [3.8, 4) is 0 Å². The molecule has 6 nitrogen and oxygen atoms in total. The second-order valence-electron chi connectivity index (χ2n) is 24.1. The van der Waals surface area contributed by atoms with Crippen LogP contribution in [0.2, 0.25) is 0 Å². The van der Waals surface area contributed by atoms with Gasteiger partial charge in [0.1, 0.15) is 13.2 Å². The summed E-state index contributed by atoms with van der Waals surface area (Å²) < 4.78 is 17.0. The van der Waals surface area contributed by atoms with Crippen molar-refractivity contribution in [3.63, 3.8) is 0 Å². The number of hydrogen-bond donors (Lipinski definition) is 0. The van der Waals surface area contributed by atoms with Gasteiger partial charge in [0.25, 0.3) is 0 Å². The van der Waals surface area contributed by atoms with Crippen LogP contribution in [0, 0.1) is 0 Å². The van der Waals surface area contributed by atoms with Crippen molar-refractivity contribution in [2.24, 2.45) is 0 Å². The summed E-state index contributed by atoms with van der Waals surface area (Å²) in [4.78, 5) is 38.4. The molecule has 0 bridgehead atoms. The molecule has 0 amide bonds. The van der Waals surface area contributed by atoms with Gasteiger partial charge in [-0.1, -0.05) is 333 Å². The fourth-order valence-corrected chi connectivity index (χ4v) is 10.7. The van der Waals surface area contributed by atoms with Gasteiger partial charge in [0.2, 0.25) is 0 Å². The van der Waals surface area contributed by atoms with E-state index in [4.69, 9.17) is 14.2 Å². The lowest BCUT2D eigenvalue weighted by Gasteiger charge is -2.18. The SMILES string of the molecule is CCCCCCC/C=C\C/C=C\C/C=C\CCCCCCCCCCCCCCCCC(=O)OCC(COC(=O)CCCCCCCCCCCCCCCC)OC(=O)CCCCCCCCCCC/C=C\CCCCCCCC. The van der Waals surface area contributed by atoms with Gasteiger partial charge in [-0.15, -0.1) is 0 Å². The van der Waals surface area contributed by atoms with E-state index in [0.29, 0.717) is 19.3 Å². The van der Waals surface area contributed by atoms with Gasteiger partial charge in [0, 0.05) is 19.3 Å². The third-order valence-corrected chi connectivity index (χ3v) is 16.1. The second-order valence-corrected chi connectivity index (χ2v) is 24.1. The molecule has 6 heteroatoms. The number of rotatable bonds is 66. The van der Waals surface area contributed by atoms with Crippen LogP contribution >= 0.6 is 0 Å². The fourth-order valence-electron chi connectivity index (χ4n) is 10.7. The molecule has 0 rings (SSSR count). The predicted octanol–water partition coefficient (Wildman–Crippen LogP) is 24.5. The summed E-state index contributed by atoms with van der Waals surface area (Å²) in [7, 11) is 0. The Morgan fingerprint density at radius 3 is 0.713 bits per heavy atom. The Morgan fingerprint density at radius 1 is 0.250 bits per heavy atom. The van der Waals surface area contributed by atoms with E-state index in [-0.39, 0.29) is 31.1 Å². The zero-order chi connectivity index (χ0) is 57.8. The van der Waals surface area contributed by atoms with E-state index in [1.54, 1.807) is 0 Å². The van der Waals surface area contributed by atoms with Crippen molar-refractivity contribution in [1.29, 1.82) is 0 Å². The molecule has 0 aromatic heterocycles. The van der Waals surface area contributed by atoms with Gasteiger partial charge < -0.3 is 14.2 Å². The monoisotopic (exact) mass is 1120 g/mol. The van der Waals surface area contributed by atoms with E-state index < -0.39 is 6.10 Å². The topological polar surface area (TPSA) is 78.9 Å². The molecule has 0 aliphatic carbocycles. The number of hydrogen-bond acceptors (Lipinski definition) is 6.